The van der Waals surface area contributed by atoms with Gasteiger partial charge in [-0.3, -0.25) is 4.79 Å². The van der Waals surface area contributed by atoms with Gasteiger partial charge in [0.15, 0.2) is 0 Å². The average molecular weight is 271 g/mol. The van der Waals surface area contributed by atoms with Gasteiger partial charge >= 0.3 is 5.97 Å². The summed E-state index contributed by atoms with van der Waals surface area (Å²) in [6, 6.07) is 0. The first-order valence-electron chi connectivity index (χ1n) is 7.20. The molecule has 0 aromatic rings. The molecule has 1 fully saturated rings. The predicted molar refractivity (Wildman–Crippen MR) is 76.3 cm³/mol. The van der Waals surface area contributed by atoms with Crippen molar-refractivity contribution in [3.05, 3.63) is 0 Å². The lowest BCUT2D eigenvalue weighted by Gasteiger charge is -2.40. The Labute approximate surface area is 117 Å². The van der Waals surface area contributed by atoms with Crippen molar-refractivity contribution in [1.29, 1.82) is 0 Å². The third-order valence-electron chi connectivity index (χ3n) is 4.66. The van der Waals surface area contributed by atoms with Crippen molar-refractivity contribution >= 4 is 5.97 Å². The van der Waals surface area contributed by atoms with Crippen molar-refractivity contribution < 1.29 is 14.6 Å². The highest BCUT2D eigenvalue weighted by Crippen LogP contribution is 2.34. The Kier molecular flexibility index (Phi) is 5.39. The minimum atomic E-state index is -0.684. The molecule has 4 heteroatoms. The Morgan fingerprint density at radius 1 is 1.37 bits per heavy atom. The maximum Gasteiger partial charge on any atom is 0.309 e. The highest BCUT2D eigenvalue weighted by Gasteiger charge is 2.39. The van der Waals surface area contributed by atoms with E-state index in [0.717, 1.165) is 38.9 Å². The molecule has 1 atom stereocenters. The maximum absolute atomic E-state index is 11.4. The molecule has 1 saturated heterocycles. The van der Waals surface area contributed by atoms with E-state index in [9.17, 15) is 9.90 Å². The van der Waals surface area contributed by atoms with Crippen LogP contribution in [0.4, 0.5) is 0 Å². The number of aliphatic carboxylic acids is 1. The Balaban J connectivity index is 2.53. The molecule has 1 heterocycles. The van der Waals surface area contributed by atoms with Gasteiger partial charge in [-0.25, -0.2) is 0 Å². The highest BCUT2D eigenvalue weighted by atomic mass is 16.5. The van der Waals surface area contributed by atoms with Crippen LogP contribution in [0.2, 0.25) is 0 Å². The third kappa shape index (κ3) is 4.46. The first-order chi connectivity index (χ1) is 8.69. The second-order valence-electron chi connectivity index (χ2n) is 6.88. The molecule has 0 aromatic heterocycles. The minimum absolute atomic E-state index is 0.102. The number of rotatable bonds is 6. The van der Waals surface area contributed by atoms with Crippen molar-refractivity contribution in [2.24, 2.45) is 11.3 Å². The van der Waals surface area contributed by atoms with Crippen LogP contribution in [0.15, 0.2) is 0 Å². The molecule has 0 radical (unpaired) electrons. The topological polar surface area (TPSA) is 49.8 Å². The summed E-state index contributed by atoms with van der Waals surface area (Å²) in [5.41, 5.74) is -0.731. The number of hydrogen-bond acceptors (Lipinski definition) is 3. The van der Waals surface area contributed by atoms with E-state index in [1.54, 1.807) is 7.11 Å². The second-order valence-corrected chi connectivity index (χ2v) is 6.88. The number of ether oxygens (including phenoxy) is 1. The second kappa shape index (κ2) is 6.23. The van der Waals surface area contributed by atoms with E-state index in [2.05, 4.69) is 18.7 Å². The number of carbonyl (C=O) groups is 1. The summed E-state index contributed by atoms with van der Waals surface area (Å²) in [6.45, 7) is 10.8. The quantitative estimate of drug-likeness (QED) is 0.807. The van der Waals surface area contributed by atoms with Crippen molar-refractivity contribution in [3.8, 4) is 0 Å². The summed E-state index contributed by atoms with van der Waals surface area (Å²) in [6.07, 6.45) is 3.09. The van der Waals surface area contributed by atoms with Crippen molar-refractivity contribution in [1.82, 2.24) is 4.90 Å². The minimum Gasteiger partial charge on any atom is -0.481 e. The summed E-state index contributed by atoms with van der Waals surface area (Å²) in [7, 11) is 1.74. The van der Waals surface area contributed by atoms with E-state index >= 15 is 0 Å². The molecule has 1 unspecified atom stereocenters. The van der Waals surface area contributed by atoms with Crippen LogP contribution in [0, 0.1) is 11.3 Å². The number of hydrogen-bond donors (Lipinski definition) is 1. The van der Waals surface area contributed by atoms with E-state index in [1.807, 2.05) is 13.8 Å². The molecule has 0 saturated carbocycles. The molecule has 0 spiro atoms. The largest absolute Gasteiger partial charge is 0.481 e. The van der Waals surface area contributed by atoms with Crippen molar-refractivity contribution in [3.63, 3.8) is 0 Å². The standard InChI is InChI=1S/C15H29NO3/c1-14(2,19-5)8-10-16-9-6-7-12(11-16)15(3,4)13(17)18/h12H,6-11H2,1-5H3,(H,17,18). The number of carboxylic acid groups (broad SMARTS) is 1. The number of nitrogens with zero attached hydrogens (tertiary/aromatic N) is 1. The number of carboxylic acids is 1. The van der Waals surface area contributed by atoms with Crippen molar-refractivity contribution in [2.45, 2.75) is 52.6 Å². The van der Waals surface area contributed by atoms with Gasteiger partial charge in [-0.2, -0.15) is 0 Å². The van der Waals surface area contributed by atoms with Gasteiger partial charge in [0, 0.05) is 20.2 Å². The van der Waals surface area contributed by atoms with Crippen LogP contribution in [0.25, 0.3) is 0 Å². The monoisotopic (exact) mass is 271 g/mol. The van der Waals surface area contributed by atoms with Gasteiger partial charge in [0.2, 0.25) is 0 Å². The van der Waals surface area contributed by atoms with Crippen LogP contribution in [0.1, 0.15) is 47.0 Å². The molecule has 0 amide bonds. The summed E-state index contributed by atoms with van der Waals surface area (Å²) in [5.74, 6) is -0.444. The average Bonchev–Trinajstić information content (AvgIpc) is 2.37. The van der Waals surface area contributed by atoms with Crippen LogP contribution in [-0.4, -0.2) is 48.3 Å². The van der Waals surface area contributed by atoms with E-state index in [4.69, 9.17) is 4.74 Å². The number of methoxy groups -OCH3 is 1. The Hall–Kier alpha value is -0.610. The molecule has 1 N–H and O–H groups in total. The fraction of sp³-hybridized carbons (Fsp3) is 0.933. The van der Waals surface area contributed by atoms with Crippen LogP contribution in [0.5, 0.6) is 0 Å². The fourth-order valence-electron chi connectivity index (χ4n) is 2.55. The molecule has 4 nitrogen and oxygen atoms in total. The van der Waals surface area contributed by atoms with E-state index in [-0.39, 0.29) is 11.5 Å². The zero-order valence-electron chi connectivity index (χ0n) is 13.0. The third-order valence-corrected chi connectivity index (χ3v) is 4.66. The number of likely N-dealkylation sites (tertiary alicyclic amines) is 1. The Morgan fingerprint density at radius 2 is 2.00 bits per heavy atom. The van der Waals surface area contributed by atoms with E-state index in [1.165, 1.54) is 0 Å². The molecular formula is C15H29NO3. The molecular weight excluding hydrogens is 242 g/mol. The van der Waals surface area contributed by atoms with Gasteiger partial charge in [-0.15, -0.1) is 0 Å². The zero-order valence-corrected chi connectivity index (χ0v) is 13.0. The Morgan fingerprint density at radius 3 is 2.53 bits per heavy atom. The summed E-state index contributed by atoms with van der Waals surface area (Å²) in [5, 5.41) is 9.34. The van der Waals surface area contributed by atoms with Crippen LogP contribution >= 0.6 is 0 Å². The zero-order chi connectivity index (χ0) is 14.7. The number of piperidine rings is 1. The molecule has 112 valence electrons. The van der Waals surface area contributed by atoms with Crippen LogP contribution in [0.3, 0.4) is 0 Å². The highest BCUT2D eigenvalue weighted by molar-refractivity contribution is 5.74. The molecule has 0 bridgehead atoms. The van der Waals surface area contributed by atoms with Gasteiger partial charge in [0.1, 0.15) is 0 Å². The molecule has 0 aromatic carbocycles. The molecule has 0 aliphatic carbocycles. The molecule has 1 aliphatic rings. The first-order valence-corrected chi connectivity index (χ1v) is 7.20. The lowest BCUT2D eigenvalue weighted by Crippen LogP contribution is -2.45. The summed E-state index contributed by atoms with van der Waals surface area (Å²) >= 11 is 0. The van der Waals surface area contributed by atoms with Gasteiger partial charge < -0.3 is 14.7 Å². The fourth-order valence-corrected chi connectivity index (χ4v) is 2.55. The normalized spacial score (nSPS) is 22.5. The summed E-state index contributed by atoms with van der Waals surface area (Å²) < 4.78 is 5.44. The van der Waals surface area contributed by atoms with Crippen LogP contribution < -0.4 is 0 Å². The van der Waals surface area contributed by atoms with E-state index in [0.29, 0.717) is 0 Å². The van der Waals surface area contributed by atoms with Gasteiger partial charge in [0.05, 0.1) is 11.0 Å². The van der Waals surface area contributed by atoms with Gasteiger partial charge in [0.25, 0.3) is 0 Å². The van der Waals surface area contributed by atoms with Gasteiger partial charge in [-0.05, 0) is 59.4 Å². The lowest BCUT2D eigenvalue weighted by atomic mass is 9.74. The van der Waals surface area contributed by atoms with Crippen molar-refractivity contribution in [2.75, 3.05) is 26.7 Å². The Bertz CT molecular complexity index is 313. The summed E-state index contributed by atoms with van der Waals surface area (Å²) in [4.78, 5) is 13.7. The predicted octanol–water partition coefficient (Wildman–Crippen LogP) is 2.62. The molecule has 1 aliphatic heterocycles. The first kappa shape index (κ1) is 16.4. The maximum atomic E-state index is 11.4. The SMILES string of the molecule is COC(C)(C)CCN1CCCC(C(C)(C)C(=O)O)C1. The van der Waals surface area contributed by atoms with Crippen LogP contribution in [-0.2, 0) is 9.53 Å². The lowest BCUT2D eigenvalue weighted by molar-refractivity contribution is -0.151. The van der Waals surface area contributed by atoms with E-state index < -0.39 is 11.4 Å². The molecule has 1 rings (SSSR count). The molecule has 19 heavy (non-hydrogen) atoms. The smallest absolute Gasteiger partial charge is 0.309 e. The van der Waals surface area contributed by atoms with Gasteiger partial charge in [-0.1, -0.05) is 0 Å².